The Balaban J connectivity index is 0.000000370. The van der Waals surface area contributed by atoms with Crippen LogP contribution < -0.4 is 15.2 Å². The van der Waals surface area contributed by atoms with Crippen molar-refractivity contribution in [3.05, 3.63) is 47.2 Å². The molecule has 6 N–H and O–H groups in total. The van der Waals surface area contributed by atoms with Crippen molar-refractivity contribution in [2.75, 3.05) is 12.3 Å². The minimum Gasteiger partial charge on any atom is -0.756 e. The largest absolute Gasteiger partial charge is 0.756 e. The van der Waals surface area contributed by atoms with Gasteiger partial charge in [-0.1, -0.05) is 0 Å². The van der Waals surface area contributed by atoms with Crippen molar-refractivity contribution in [1.82, 2.24) is 9.97 Å². The molecule has 0 fully saturated rings. The summed E-state index contributed by atoms with van der Waals surface area (Å²) in [6.45, 7) is 4.65. The lowest BCUT2D eigenvalue weighted by atomic mass is 10.1. The summed E-state index contributed by atoms with van der Waals surface area (Å²) in [4.78, 5) is 40.9. The standard InChI is InChI=1S/C14H19N4O.H4O7P2/c1-10-12(5-7-19)4-3-6-18(10)9-13-8-16-11(2)17-14(13)15;1-8(2,3)7-9(4,5)6/h3-4,6,8,19H,5,7,9H2,1-2H3,(H2,15,16,17);(H2,1,2,3)(H2,4,5,6)/q+1;/p-1. The molecule has 0 bridgehead atoms. The van der Waals surface area contributed by atoms with Crippen LogP contribution in [0.25, 0.3) is 0 Å². The smallest absolute Gasteiger partial charge is 0.476 e. The van der Waals surface area contributed by atoms with Gasteiger partial charge in [0.25, 0.3) is 7.82 Å². The molecule has 156 valence electrons. The van der Waals surface area contributed by atoms with E-state index in [1.165, 1.54) is 0 Å². The zero-order valence-electron chi connectivity index (χ0n) is 15.2. The fourth-order valence-corrected chi connectivity index (χ4v) is 3.26. The van der Waals surface area contributed by atoms with Crippen molar-refractivity contribution in [3.63, 3.8) is 0 Å². The Kier molecular flexibility index (Phi) is 8.80. The first-order chi connectivity index (χ1) is 12.8. The summed E-state index contributed by atoms with van der Waals surface area (Å²) in [5.41, 5.74) is 9.07. The lowest BCUT2D eigenvalue weighted by Crippen LogP contribution is -2.38. The van der Waals surface area contributed by atoms with E-state index in [1.54, 1.807) is 6.20 Å². The molecule has 0 aromatic carbocycles. The van der Waals surface area contributed by atoms with Gasteiger partial charge in [0.05, 0.1) is 5.56 Å². The number of hydrogen-bond acceptors (Lipinski definition) is 8. The second-order valence-electron chi connectivity index (χ2n) is 5.59. The molecule has 0 aliphatic carbocycles. The molecule has 0 aliphatic heterocycles. The number of aliphatic hydroxyl groups is 1. The topological polar surface area (TPSA) is 203 Å². The molecule has 2 aromatic rings. The van der Waals surface area contributed by atoms with E-state index in [0.29, 0.717) is 24.6 Å². The number of anilines is 1. The monoisotopic (exact) mass is 436 g/mol. The Morgan fingerprint density at radius 2 is 1.89 bits per heavy atom. The summed E-state index contributed by atoms with van der Waals surface area (Å²) in [6.07, 6.45) is 4.42. The molecule has 0 spiro atoms. The summed E-state index contributed by atoms with van der Waals surface area (Å²) < 4.78 is 24.0. The Morgan fingerprint density at radius 1 is 1.25 bits per heavy atom. The lowest BCUT2D eigenvalue weighted by Gasteiger charge is -2.14. The number of rotatable bonds is 6. The normalized spacial score (nSPS) is 13.4. The minimum atomic E-state index is -5.30. The van der Waals surface area contributed by atoms with Crippen molar-refractivity contribution < 1.29 is 42.7 Å². The quantitative estimate of drug-likeness (QED) is 0.277. The van der Waals surface area contributed by atoms with E-state index in [1.807, 2.05) is 32.2 Å². The fourth-order valence-electron chi connectivity index (χ4n) is 2.19. The number of phosphoric acid groups is 2. The van der Waals surface area contributed by atoms with Gasteiger partial charge in [-0.05, 0) is 13.0 Å². The third-order valence-electron chi connectivity index (χ3n) is 3.41. The van der Waals surface area contributed by atoms with Crippen molar-refractivity contribution in [2.45, 2.75) is 26.8 Å². The zero-order valence-corrected chi connectivity index (χ0v) is 17.0. The van der Waals surface area contributed by atoms with E-state index in [0.717, 1.165) is 16.8 Å². The van der Waals surface area contributed by atoms with Crippen LogP contribution in [0.1, 0.15) is 22.6 Å². The second-order valence-corrected chi connectivity index (χ2v) is 8.16. The molecule has 1 unspecified atom stereocenters. The van der Waals surface area contributed by atoms with Gasteiger partial charge < -0.3 is 30.4 Å². The summed E-state index contributed by atoms with van der Waals surface area (Å²) in [5, 5.41) is 9.05. The first-order valence-electron chi connectivity index (χ1n) is 7.80. The predicted molar refractivity (Wildman–Crippen MR) is 95.4 cm³/mol. The molecule has 0 radical (unpaired) electrons. The summed E-state index contributed by atoms with van der Waals surface area (Å²) in [5.74, 6) is 1.20. The van der Waals surface area contributed by atoms with Crippen LogP contribution in [0.5, 0.6) is 0 Å². The lowest BCUT2D eigenvalue weighted by molar-refractivity contribution is -0.694. The fraction of sp³-hybridized carbons (Fsp3) is 0.357. The van der Waals surface area contributed by atoms with Crippen LogP contribution in [-0.2, 0) is 26.4 Å². The summed E-state index contributed by atoms with van der Waals surface area (Å²) >= 11 is 0. The molecule has 2 heterocycles. The van der Waals surface area contributed by atoms with Gasteiger partial charge in [-0.3, -0.25) is 4.57 Å². The van der Waals surface area contributed by atoms with Crippen molar-refractivity contribution >= 4 is 21.5 Å². The number of aromatic nitrogens is 3. The molecule has 1 atom stereocenters. The van der Waals surface area contributed by atoms with E-state index in [9.17, 15) is 14.0 Å². The molecule has 12 nitrogen and oxygen atoms in total. The van der Waals surface area contributed by atoms with Crippen molar-refractivity contribution in [1.29, 1.82) is 0 Å². The van der Waals surface area contributed by atoms with Crippen LogP contribution in [0.15, 0.2) is 24.5 Å². The maximum atomic E-state index is 9.59. The van der Waals surface area contributed by atoms with Crippen LogP contribution in [0.3, 0.4) is 0 Å². The number of pyridine rings is 1. The SMILES string of the molecule is Cc1ncc(C[n+]2cccc(CCO)c2C)c(N)n1.O=P([O-])(O)OP(=O)(O)O. The number of nitrogens with two attached hydrogens (primary N) is 1. The highest BCUT2D eigenvalue weighted by atomic mass is 31.3. The molecule has 0 aliphatic rings. The van der Waals surface area contributed by atoms with Gasteiger partial charge in [0, 0.05) is 37.8 Å². The Morgan fingerprint density at radius 3 is 2.36 bits per heavy atom. The van der Waals surface area contributed by atoms with Gasteiger partial charge in [-0.2, -0.15) is 4.57 Å². The number of aryl methyl sites for hydroxylation is 1. The Bertz CT molecular complexity index is 879. The van der Waals surface area contributed by atoms with Crippen LogP contribution in [0, 0.1) is 13.8 Å². The average Bonchev–Trinajstić information content (AvgIpc) is 2.51. The van der Waals surface area contributed by atoms with Crippen LogP contribution in [-0.4, -0.2) is 36.4 Å². The molecule has 14 heteroatoms. The minimum absolute atomic E-state index is 0.153. The summed E-state index contributed by atoms with van der Waals surface area (Å²) in [6, 6.07) is 4.00. The molecular weight excluding hydrogens is 414 g/mol. The van der Waals surface area contributed by atoms with Gasteiger partial charge in [0.15, 0.2) is 18.4 Å². The Labute approximate surface area is 161 Å². The van der Waals surface area contributed by atoms with E-state index in [-0.39, 0.29) is 6.61 Å². The number of nitrogen functional groups attached to an aromatic ring is 1. The zero-order chi connectivity index (χ0) is 21.5. The third kappa shape index (κ3) is 8.96. The predicted octanol–water partition coefficient (Wildman–Crippen LogP) is -0.897. The first kappa shape index (κ1) is 24.3. The van der Waals surface area contributed by atoms with E-state index < -0.39 is 15.6 Å². The van der Waals surface area contributed by atoms with Crippen LogP contribution >= 0.6 is 15.6 Å². The van der Waals surface area contributed by atoms with E-state index >= 15 is 0 Å². The molecule has 2 aromatic heterocycles. The van der Waals surface area contributed by atoms with Gasteiger partial charge in [-0.15, -0.1) is 0 Å². The third-order valence-corrected chi connectivity index (χ3v) is 5.09. The maximum absolute atomic E-state index is 9.59. The highest BCUT2D eigenvalue weighted by Crippen LogP contribution is 2.51. The van der Waals surface area contributed by atoms with Crippen LogP contribution in [0.4, 0.5) is 5.82 Å². The maximum Gasteiger partial charge on any atom is 0.476 e. The van der Waals surface area contributed by atoms with Crippen molar-refractivity contribution in [2.24, 2.45) is 0 Å². The number of nitrogens with zero attached hydrogens (tertiary/aromatic N) is 3. The molecule has 0 saturated carbocycles. The van der Waals surface area contributed by atoms with Crippen molar-refractivity contribution in [3.8, 4) is 0 Å². The Hall–Kier alpha value is -1.75. The van der Waals surface area contributed by atoms with Gasteiger partial charge >= 0.3 is 7.82 Å². The highest BCUT2D eigenvalue weighted by molar-refractivity contribution is 7.59. The van der Waals surface area contributed by atoms with Gasteiger partial charge in [-0.25, -0.2) is 18.8 Å². The van der Waals surface area contributed by atoms with Crippen LogP contribution in [0.2, 0.25) is 0 Å². The summed E-state index contributed by atoms with van der Waals surface area (Å²) in [7, 11) is -10.4. The van der Waals surface area contributed by atoms with E-state index in [4.69, 9.17) is 25.5 Å². The van der Waals surface area contributed by atoms with Gasteiger partial charge in [0.1, 0.15) is 11.6 Å². The molecule has 0 saturated heterocycles. The highest BCUT2D eigenvalue weighted by Gasteiger charge is 2.20. The second kappa shape index (κ2) is 10.1. The van der Waals surface area contributed by atoms with E-state index in [2.05, 4.69) is 18.8 Å². The van der Waals surface area contributed by atoms with Gasteiger partial charge in [0.2, 0.25) is 0 Å². The number of aliphatic hydroxyl groups excluding tert-OH is 1. The molecular formula is C14H22N4O8P2. The molecule has 0 amide bonds. The molecule has 28 heavy (non-hydrogen) atoms. The number of hydrogen-bond donors (Lipinski definition) is 5. The average molecular weight is 436 g/mol. The first-order valence-corrected chi connectivity index (χ1v) is 10.8. The molecule has 2 rings (SSSR count).